The van der Waals surface area contributed by atoms with E-state index in [-0.39, 0.29) is 0 Å². The maximum absolute atomic E-state index is 10.2. The summed E-state index contributed by atoms with van der Waals surface area (Å²) in [5.74, 6) is 0. The van der Waals surface area contributed by atoms with Crippen LogP contribution in [0.4, 0.5) is 0 Å². The molecule has 0 N–H and O–H groups in total. The second-order valence-corrected chi connectivity index (χ2v) is 2.34. The van der Waals surface area contributed by atoms with Crippen LogP contribution in [-0.2, 0) is 4.79 Å². The Bertz CT molecular complexity index is 179. The van der Waals surface area contributed by atoms with Crippen LogP contribution in [0.3, 0.4) is 0 Å². The largest absolute Gasteiger partial charge is 0.298 e. The molecule has 1 rings (SSSR count). The van der Waals surface area contributed by atoms with Gasteiger partial charge < -0.3 is 0 Å². The molecule has 0 saturated heterocycles. The maximum atomic E-state index is 10.2. The third-order valence-electron chi connectivity index (χ3n) is 1.29. The molecule has 0 atom stereocenters. The molecule has 1 aliphatic rings. The van der Waals surface area contributed by atoms with Gasteiger partial charge in [-0.15, -0.1) is 0 Å². The number of hydrogen-bond acceptors (Lipinski definition) is 1. The summed E-state index contributed by atoms with van der Waals surface area (Å²) in [4.78, 5) is 10.2. The predicted octanol–water partition coefficient (Wildman–Crippen LogP) is 2.03. The minimum atomic E-state index is 0.594. The van der Waals surface area contributed by atoms with E-state index in [4.69, 9.17) is 11.6 Å². The van der Waals surface area contributed by atoms with E-state index >= 15 is 0 Å². The van der Waals surface area contributed by atoms with Crippen molar-refractivity contribution in [3.8, 4) is 0 Å². The summed E-state index contributed by atoms with van der Waals surface area (Å²) < 4.78 is 0. The van der Waals surface area contributed by atoms with Gasteiger partial charge in [-0.05, 0) is 18.9 Å². The van der Waals surface area contributed by atoms with Crippen molar-refractivity contribution < 1.29 is 4.79 Å². The quantitative estimate of drug-likeness (QED) is 0.512. The van der Waals surface area contributed by atoms with E-state index < -0.39 is 0 Å². The highest BCUT2D eigenvalue weighted by atomic mass is 35.5. The Labute approximate surface area is 59.0 Å². The standard InChI is InChI=1S/C7H7ClO/c8-7-4-2-1-3-6(7)5-9/h2,4-5H,1,3H2. The molecule has 48 valence electrons. The summed E-state index contributed by atoms with van der Waals surface area (Å²) in [5, 5.41) is 0.594. The Morgan fingerprint density at radius 3 is 2.89 bits per heavy atom. The molecule has 0 bridgehead atoms. The van der Waals surface area contributed by atoms with Crippen LogP contribution < -0.4 is 0 Å². The van der Waals surface area contributed by atoms with Crippen molar-refractivity contribution >= 4 is 17.9 Å². The highest BCUT2D eigenvalue weighted by Gasteiger charge is 2.03. The van der Waals surface area contributed by atoms with E-state index in [0.717, 1.165) is 24.7 Å². The van der Waals surface area contributed by atoms with Crippen LogP contribution >= 0.6 is 11.6 Å². The molecule has 1 nitrogen and oxygen atoms in total. The molecular formula is C7H7ClO. The summed E-state index contributed by atoms with van der Waals surface area (Å²) in [6.07, 6.45) is 6.29. The van der Waals surface area contributed by atoms with Gasteiger partial charge in [-0.2, -0.15) is 0 Å². The summed E-state index contributed by atoms with van der Waals surface area (Å²) in [6.45, 7) is 0. The summed E-state index contributed by atoms with van der Waals surface area (Å²) in [7, 11) is 0. The van der Waals surface area contributed by atoms with Crippen LogP contribution in [-0.4, -0.2) is 6.29 Å². The third kappa shape index (κ3) is 1.42. The van der Waals surface area contributed by atoms with Crippen LogP contribution in [0.2, 0.25) is 0 Å². The number of halogens is 1. The van der Waals surface area contributed by atoms with Crippen LogP contribution in [0.1, 0.15) is 12.8 Å². The van der Waals surface area contributed by atoms with Gasteiger partial charge in [0, 0.05) is 10.6 Å². The van der Waals surface area contributed by atoms with Crippen molar-refractivity contribution in [1.29, 1.82) is 0 Å². The van der Waals surface area contributed by atoms with Gasteiger partial charge in [0.15, 0.2) is 0 Å². The van der Waals surface area contributed by atoms with Gasteiger partial charge >= 0.3 is 0 Å². The Balaban J connectivity index is 2.84. The van der Waals surface area contributed by atoms with E-state index in [0.29, 0.717) is 5.03 Å². The third-order valence-corrected chi connectivity index (χ3v) is 1.66. The molecular weight excluding hydrogens is 136 g/mol. The highest BCUT2D eigenvalue weighted by Crippen LogP contribution is 2.19. The lowest BCUT2D eigenvalue weighted by atomic mass is 10.1. The lowest BCUT2D eigenvalue weighted by molar-refractivity contribution is -0.105. The predicted molar refractivity (Wildman–Crippen MR) is 37.3 cm³/mol. The van der Waals surface area contributed by atoms with Gasteiger partial charge in [0.25, 0.3) is 0 Å². The zero-order chi connectivity index (χ0) is 6.69. The molecule has 0 unspecified atom stereocenters. The summed E-state index contributed by atoms with van der Waals surface area (Å²) in [5.41, 5.74) is 0.721. The second-order valence-electron chi connectivity index (χ2n) is 1.93. The van der Waals surface area contributed by atoms with Crippen molar-refractivity contribution in [3.63, 3.8) is 0 Å². The van der Waals surface area contributed by atoms with Gasteiger partial charge in [-0.25, -0.2) is 0 Å². The van der Waals surface area contributed by atoms with Crippen LogP contribution in [0.5, 0.6) is 0 Å². The van der Waals surface area contributed by atoms with Crippen molar-refractivity contribution in [2.45, 2.75) is 12.8 Å². The number of rotatable bonds is 1. The first-order valence-corrected chi connectivity index (χ1v) is 3.23. The SMILES string of the molecule is O=CC1=C(Cl)C=CCC1. The van der Waals surface area contributed by atoms with Crippen molar-refractivity contribution in [2.24, 2.45) is 0 Å². The number of carbonyl (C=O) groups excluding carboxylic acids is 1. The zero-order valence-corrected chi connectivity index (χ0v) is 5.69. The van der Waals surface area contributed by atoms with Crippen molar-refractivity contribution in [3.05, 3.63) is 22.8 Å². The second kappa shape index (κ2) is 2.83. The van der Waals surface area contributed by atoms with Gasteiger partial charge in [0.1, 0.15) is 6.29 Å². The normalized spacial score (nSPS) is 18.3. The molecule has 9 heavy (non-hydrogen) atoms. The Morgan fingerprint density at radius 1 is 1.67 bits per heavy atom. The Kier molecular flexibility index (Phi) is 2.06. The van der Waals surface area contributed by atoms with E-state index in [2.05, 4.69) is 0 Å². The van der Waals surface area contributed by atoms with Crippen LogP contribution in [0.15, 0.2) is 22.8 Å². The zero-order valence-electron chi connectivity index (χ0n) is 4.93. The lowest BCUT2D eigenvalue weighted by Gasteiger charge is -2.02. The average Bonchev–Trinajstić information content (AvgIpc) is 1.89. The molecule has 0 aromatic carbocycles. The number of hydrogen-bond donors (Lipinski definition) is 0. The highest BCUT2D eigenvalue weighted by molar-refractivity contribution is 6.32. The topological polar surface area (TPSA) is 17.1 Å². The van der Waals surface area contributed by atoms with E-state index in [1.54, 1.807) is 6.08 Å². The fourth-order valence-electron chi connectivity index (χ4n) is 0.767. The molecule has 0 heterocycles. The van der Waals surface area contributed by atoms with Gasteiger partial charge in [0.05, 0.1) is 0 Å². The first-order valence-electron chi connectivity index (χ1n) is 2.85. The van der Waals surface area contributed by atoms with Crippen molar-refractivity contribution in [2.75, 3.05) is 0 Å². The Morgan fingerprint density at radius 2 is 2.44 bits per heavy atom. The molecule has 1 aliphatic carbocycles. The van der Waals surface area contributed by atoms with E-state index in [1.807, 2.05) is 6.08 Å². The number of allylic oxidation sites excluding steroid dienone is 4. The fourth-order valence-corrected chi connectivity index (χ4v) is 0.995. The fraction of sp³-hybridized carbons (Fsp3) is 0.286. The first-order chi connectivity index (χ1) is 4.34. The van der Waals surface area contributed by atoms with Gasteiger partial charge in [-0.3, -0.25) is 4.79 Å². The first kappa shape index (κ1) is 6.56. The minimum absolute atomic E-state index is 0.594. The molecule has 0 amide bonds. The monoisotopic (exact) mass is 142 g/mol. The molecule has 0 aliphatic heterocycles. The lowest BCUT2D eigenvalue weighted by Crippen LogP contribution is -1.90. The number of aldehydes is 1. The molecule has 0 aromatic rings. The van der Waals surface area contributed by atoms with Crippen LogP contribution in [0.25, 0.3) is 0 Å². The molecule has 0 aromatic heterocycles. The summed E-state index contributed by atoms with van der Waals surface area (Å²) >= 11 is 5.64. The van der Waals surface area contributed by atoms with Crippen LogP contribution in [0, 0.1) is 0 Å². The van der Waals surface area contributed by atoms with Crippen molar-refractivity contribution in [1.82, 2.24) is 0 Å². The molecule has 0 spiro atoms. The van der Waals surface area contributed by atoms with E-state index in [1.165, 1.54) is 0 Å². The Hall–Kier alpha value is -0.560. The number of carbonyl (C=O) groups is 1. The molecule has 2 heteroatoms. The van der Waals surface area contributed by atoms with Gasteiger partial charge in [0.2, 0.25) is 0 Å². The smallest absolute Gasteiger partial charge is 0.147 e. The molecule has 0 saturated carbocycles. The summed E-state index contributed by atoms with van der Waals surface area (Å²) in [6, 6.07) is 0. The maximum Gasteiger partial charge on any atom is 0.147 e. The molecule has 0 radical (unpaired) electrons. The van der Waals surface area contributed by atoms with Gasteiger partial charge in [-0.1, -0.05) is 17.7 Å². The minimum Gasteiger partial charge on any atom is -0.298 e. The van der Waals surface area contributed by atoms with E-state index in [9.17, 15) is 4.79 Å². The average molecular weight is 143 g/mol. The molecule has 0 fully saturated rings.